The van der Waals surface area contributed by atoms with Crippen molar-refractivity contribution in [3.05, 3.63) is 48.1 Å². The Morgan fingerprint density at radius 1 is 1.35 bits per heavy atom. The first kappa shape index (κ1) is 11.7. The molecule has 0 bridgehead atoms. The Balaban J connectivity index is 2.44. The molecule has 0 radical (unpaired) electrons. The fourth-order valence-electron chi connectivity index (χ4n) is 2.25. The molecule has 17 heavy (non-hydrogen) atoms. The monoisotopic (exact) mass is 230 g/mol. The van der Waals surface area contributed by atoms with Gasteiger partial charge in [-0.25, -0.2) is 0 Å². The van der Waals surface area contributed by atoms with Gasteiger partial charge in [0, 0.05) is 23.7 Å². The molecule has 4 N–H and O–H groups in total. The minimum absolute atomic E-state index is 0.175. The van der Waals surface area contributed by atoms with Crippen LogP contribution in [0.15, 0.2) is 42.5 Å². The van der Waals surface area contributed by atoms with Crippen LogP contribution in [-0.2, 0) is 5.41 Å². The van der Waals surface area contributed by atoms with Gasteiger partial charge in [0.1, 0.15) is 5.75 Å². The van der Waals surface area contributed by atoms with E-state index >= 15 is 0 Å². The van der Waals surface area contributed by atoms with Crippen LogP contribution < -0.4 is 16.2 Å². The Labute approximate surface area is 102 Å². The quantitative estimate of drug-likeness (QED) is 0.781. The minimum Gasteiger partial charge on any atom is -0.497 e. The summed E-state index contributed by atoms with van der Waals surface area (Å²) in [5.41, 5.74) is 13.7. The van der Waals surface area contributed by atoms with E-state index in [4.69, 9.17) is 16.2 Å². The summed E-state index contributed by atoms with van der Waals surface area (Å²) in [6.07, 6.45) is 9.20. The van der Waals surface area contributed by atoms with Crippen molar-refractivity contribution in [1.82, 2.24) is 0 Å². The smallest absolute Gasteiger partial charge is 0.120 e. The van der Waals surface area contributed by atoms with Crippen molar-refractivity contribution < 1.29 is 4.74 Å². The van der Waals surface area contributed by atoms with Gasteiger partial charge in [-0.15, -0.1) is 0 Å². The van der Waals surface area contributed by atoms with E-state index in [1.807, 2.05) is 30.4 Å². The number of allylic oxidation sites excluding steroid dienone is 3. The molecule has 1 aromatic carbocycles. The van der Waals surface area contributed by atoms with Gasteiger partial charge in [-0.2, -0.15) is 0 Å². The topological polar surface area (TPSA) is 61.3 Å². The van der Waals surface area contributed by atoms with E-state index < -0.39 is 0 Å². The fraction of sp³-hybridized carbons (Fsp3) is 0.286. The van der Waals surface area contributed by atoms with Crippen LogP contribution in [0.3, 0.4) is 0 Å². The molecule has 1 atom stereocenters. The van der Waals surface area contributed by atoms with Gasteiger partial charge in [0.2, 0.25) is 0 Å². The molecule has 1 unspecified atom stereocenters. The minimum atomic E-state index is -0.175. The van der Waals surface area contributed by atoms with Gasteiger partial charge in [0.25, 0.3) is 0 Å². The molecule has 0 fully saturated rings. The standard InChI is InChI=1S/C14H18N2O/c1-17-11-5-6-12(13(16)9-11)14(10-15)7-3-2-4-8-14/h2-7,9H,8,10,15-16H2,1H3. The third-order valence-corrected chi connectivity index (χ3v) is 3.30. The fourth-order valence-corrected chi connectivity index (χ4v) is 2.25. The molecule has 0 spiro atoms. The molecule has 1 aliphatic carbocycles. The lowest BCUT2D eigenvalue weighted by molar-refractivity contribution is 0.414. The van der Waals surface area contributed by atoms with E-state index in [-0.39, 0.29) is 5.41 Å². The molecular weight excluding hydrogens is 212 g/mol. The number of nitrogen functional groups attached to an aromatic ring is 1. The van der Waals surface area contributed by atoms with Crippen molar-refractivity contribution in [2.75, 3.05) is 19.4 Å². The van der Waals surface area contributed by atoms with Crippen LogP contribution in [0.2, 0.25) is 0 Å². The Hall–Kier alpha value is -1.74. The van der Waals surface area contributed by atoms with Gasteiger partial charge in [-0.05, 0) is 18.1 Å². The van der Waals surface area contributed by atoms with Gasteiger partial charge in [-0.1, -0.05) is 30.4 Å². The Kier molecular flexibility index (Phi) is 3.20. The molecule has 0 saturated heterocycles. The summed E-state index contributed by atoms with van der Waals surface area (Å²) in [7, 11) is 1.64. The molecule has 2 rings (SSSR count). The van der Waals surface area contributed by atoms with Crippen molar-refractivity contribution in [2.24, 2.45) is 5.73 Å². The highest BCUT2D eigenvalue weighted by Crippen LogP contribution is 2.36. The average Bonchev–Trinajstić information content (AvgIpc) is 2.39. The second kappa shape index (κ2) is 4.63. The molecule has 1 aromatic rings. The van der Waals surface area contributed by atoms with Crippen LogP contribution in [0.4, 0.5) is 5.69 Å². The molecular formula is C14H18N2O. The number of nitrogens with two attached hydrogens (primary N) is 2. The lowest BCUT2D eigenvalue weighted by atomic mass is 9.75. The summed E-state index contributed by atoms with van der Waals surface area (Å²) in [6, 6.07) is 5.78. The van der Waals surface area contributed by atoms with Crippen LogP contribution >= 0.6 is 0 Å². The Morgan fingerprint density at radius 3 is 2.71 bits per heavy atom. The van der Waals surface area contributed by atoms with Crippen LogP contribution in [0, 0.1) is 0 Å². The largest absolute Gasteiger partial charge is 0.497 e. The first-order chi connectivity index (χ1) is 8.22. The number of rotatable bonds is 3. The third kappa shape index (κ3) is 2.06. The zero-order valence-electron chi connectivity index (χ0n) is 10.0. The number of hydrogen-bond acceptors (Lipinski definition) is 3. The highest BCUT2D eigenvalue weighted by Gasteiger charge is 2.29. The SMILES string of the molecule is COc1ccc(C2(CN)C=CC=CC2)c(N)c1. The van der Waals surface area contributed by atoms with Crippen molar-refractivity contribution in [1.29, 1.82) is 0 Å². The zero-order valence-corrected chi connectivity index (χ0v) is 10.0. The highest BCUT2D eigenvalue weighted by atomic mass is 16.5. The summed E-state index contributed by atoms with van der Waals surface area (Å²) in [5.74, 6) is 0.772. The van der Waals surface area contributed by atoms with Crippen LogP contribution in [-0.4, -0.2) is 13.7 Å². The lowest BCUT2D eigenvalue weighted by Crippen LogP contribution is -2.34. The average molecular weight is 230 g/mol. The van der Waals surface area contributed by atoms with Crippen LogP contribution in [0.25, 0.3) is 0 Å². The number of benzene rings is 1. The van der Waals surface area contributed by atoms with Crippen molar-refractivity contribution in [2.45, 2.75) is 11.8 Å². The summed E-state index contributed by atoms with van der Waals surface area (Å²) in [5, 5.41) is 0. The predicted molar refractivity (Wildman–Crippen MR) is 71.0 cm³/mol. The second-order valence-electron chi connectivity index (χ2n) is 4.30. The van der Waals surface area contributed by atoms with Gasteiger partial charge in [0.15, 0.2) is 0 Å². The van der Waals surface area contributed by atoms with E-state index in [0.29, 0.717) is 6.54 Å². The van der Waals surface area contributed by atoms with Crippen molar-refractivity contribution in [3.8, 4) is 5.75 Å². The van der Waals surface area contributed by atoms with Crippen LogP contribution in [0.1, 0.15) is 12.0 Å². The second-order valence-corrected chi connectivity index (χ2v) is 4.30. The summed E-state index contributed by atoms with van der Waals surface area (Å²) >= 11 is 0. The molecule has 0 aliphatic heterocycles. The molecule has 1 aliphatic rings. The van der Waals surface area contributed by atoms with E-state index in [0.717, 1.165) is 23.4 Å². The zero-order chi connectivity index (χ0) is 12.3. The molecule has 0 heterocycles. The first-order valence-electron chi connectivity index (χ1n) is 5.70. The molecule has 3 heteroatoms. The third-order valence-electron chi connectivity index (χ3n) is 3.30. The van der Waals surface area contributed by atoms with E-state index in [1.54, 1.807) is 7.11 Å². The number of methoxy groups -OCH3 is 1. The number of anilines is 1. The van der Waals surface area contributed by atoms with E-state index in [2.05, 4.69) is 12.2 Å². The summed E-state index contributed by atoms with van der Waals surface area (Å²) < 4.78 is 5.16. The highest BCUT2D eigenvalue weighted by molar-refractivity contribution is 5.57. The van der Waals surface area contributed by atoms with Gasteiger partial charge >= 0.3 is 0 Å². The Bertz CT molecular complexity index is 465. The van der Waals surface area contributed by atoms with Gasteiger partial charge in [-0.3, -0.25) is 0 Å². The summed E-state index contributed by atoms with van der Waals surface area (Å²) in [6.45, 7) is 0.546. The molecule has 3 nitrogen and oxygen atoms in total. The maximum Gasteiger partial charge on any atom is 0.120 e. The maximum atomic E-state index is 6.10. The molecule has 0 saturated carbocycles. The molecule has 0 aromatic heterocycles. The number of ether oxygens (including phenoxy) is 1. The summed E-state index contributed by atoms with van der Waals surface area (Å²) in [4.78, 5) is 0. The van der Waals surface area contributed by atoms with Crippen molar-refractivity contribution >= 4 is 5.69 Å². The first-order valence-corrected chi connectivity index (χ1v) is 5.70. The van der Waals surface area contributed by atoms with Gasteiger partial charge < -0.3 is 16.2 Å². The Morgan fingerprint density at radius 2 is 2.18 bits per heavy atom. The van der Waals surface area contributed by atoms with Crippen molar-refractivity contribution in [3.63, 3.8) is 0 Å². The van der Waals surface area contributed by atoms with Crippen LogP contribution in [0.5, 0.6) is 5.75 Å². The normalized spacial score (nSPS) is 22.7. The van der Waals surface area contributed by atoms with Gasteiger partial charge in [0.05, 0.1) is 7.11 Å². The number of hydrogen-bond donors (Lipinski definition) is 2. The van der Waals surface area contributed by atoms with E-state index in [1.165, 1.54) is 0 Å². The maximum absolute atomic E-state index is 6.10. The molecule has 90 valence electrons. The predicted octanol–water partition coefficient (Wildman–Crippen LogP) is 1.99. The van der Waals surface area contributed by atoms with E-state index in [9.17, 15) is 0 Å². The lowest BCUT2D eigenvalue weighted by Gasteiger charge is -2.31. The molecule has 0 amide bonds.